The molecule has 2 rings (SSSR count). The molecular weight excluding hydrogens is 323 g/mol. The normalized spacial score (nSPS) is 10.5. The zero-order chi connectivity index (χ0) is 14.9. The van der Waals surface area contributed by atoms with Gasteiger partial charge in [-0.1, -0.05) is 35.0 Å². The van der Waals surface area contributed by atoms with Crippen molar-refractivity contribution < 1.29 is 20.1 Å². The van der Waals surface area contributed by atoms with Crippen molar-refractivity contribution in [2.45, 2.75) is 9.79 Å². The van der Waals surface area contributed by atoms with Crippen LogP contribution in [0, 0.1) is 0 Å². The van der Waals surface area contributed by atoms with E-state index in [1.54, 1.807) is 0 Å². The van der Waals surface area contributed by atoms with Gasteiger partial charge >= 0.3 is 5.97 Å². The number of aromatic hydroxyl groups is 2. The Morgan fingerprint density at radius 3 is 2.30 bits per heavy atom. The number of hydrogen-bond donors (Lipinski definition) is 3. The third-order valence-corrected chi connectivity index (χ3v) is 3.94. The molecule has 2 aromatic rings. The minimum atomic E-state index is -1.29. The quantitative estimate of drug-likeness (QED) is 0.783. The molecule has 0 aromatic heterocycles. The van der Waals surface area contributed by atoms with Gasteiger partial charge in [0, 0.05) is 10.0 Å². The maximum absolute atomic E-state index is 11.0. The van der Waals surface area contributed by atoms with Gasteiger partial charge in [-0.3, -0.25) is 0 Å². The van der Waals surface area contributed by atoms with E-state index >= 15 is 0 Å². The third kappa shape index (κ3) is 3.12. The van der Waals surface area contributed by atoms with Crippen LogP contribution in [0.25, 0.3) is 0 Å². The Balaban J connectivity index is 2.48. The zero-order valence-corrected chi connectivity index (χ0v) is 12.1. The summed E-state index contributed by atoms with van der Waals surface area (Å²) in [7, 11) is 0. The summed E-state index contributed by atoms with van der Waals surface area (Å²) < 4.78 is 0. The van der Waals surface area contributed by atoms with E-state index in [-0.39, 0.29) is 21.2 Å². The predicted octanol–water partition coefficient (Wildman–Crippen LogP) is 4.25. The lowest BCUT2D eigenvalue weighted by Crippen LogP contribution is -1.97. The van der Waals surface area contributed by atoms with Gasteiger partial charge in [0.2, 0.25) is 0 Å². The van der Waals surface area contributed by atoms with Gasteiger partial charge in [0.25, 0.3) is 0 Å². The summed E-state index contributed by atoms with van der Waals surface area (Å²) in [6, 6.07) is 6.99. The monoisotopic (exact) mass is 330 g/mol. The Hall–Kier alpha value is -1.56. The molecule has 2 aromatic carbocycles. The van der Waals surface area contributed by atoms with E-state index in [1.807, 2.05) is 0 Å². The van der Waals surface area contributed by atoms with Gasteiger partial charge in [0.15, 0.2) is 0 Å². The van der Waals surface area contributed by atoms with Crippen molar-refractivity contribution in [3.8, 4) is 11.5 Å². The third-order valence-electron chi connectivity index (χ3n) is 2.41. The van der Waals surface area contributed by atoms with Crippen molar-refractivity contribution in [2.75, 3.05) is 0 Å². The number of phenolic OH excluding ortho intramolecular Hbond substituents is 1. The minimum absolute atomic E-state index is 0.0318. The summed E-state index contributed by atoms with van der Waals surface area (Å²) in [5, 5.41) is 29.2. The summed E-state index contributed by atoms with van der Waals surface area (Å²) in [6.07, 6.45) is 0. The van der Waals surface area contributed by atoms with Gasteiger partial charge in [-0.25, -0.2) is 4.79 Å². The summed E-state index contributed by atoms with van der Waals surface area (Å²) >= 11 is 12.6. The maximum Gasteiger partial charge on any atom is 0.339 e. The van der Waals surface area contributed by atoms with E-state index in [2.05, 4.69) is 0 Å². The summed E-state index contributed by atoms with van der Waals surface area (Å²) in [5.41, 5.74) is -0.304. The average molecular weight is 331 g/mol. The highest BCUT2D eigenvalue weighted by Gasteiger charge is 2.17. The number of rotatable bonds is 3. The van der Waals surface area contributed by atoms with E-state index in [0.29, 0.717) is 9.92 Å². The SMILES string of the molecule is O=C(O)c1cc(Cl)cc(Sc2cc(Cl)ccc2O)c1O. The number of aromatic carboxylic acids is 1. The molecule has 0 fully saturated rings. The second-order valence-corrected chi connectivity index (χ2v) is 5.78. The second kappa shape index (κ2) is 5.83. The number of carboxylic acid groups (broad SMARTS) is 1. The molecule has 0 atom stereocenters. The molecule has 20 heavy (non-hydrogen) atoms. The standard InChI is InChI=1S/C13H8Cl2O4S/c14-6-1-2-9(16)10(4-6)20-11-5-7(15)3-8(12(11)17)13(18)19/h1-5,16-17H,(H,18,19). The Labute approximate surface area is 128 Å². The molecule has 0 heterocycles. The molecule has 0 bridgehead atoms. The van der Waals surface area contributed by atoms with Crippen LogP contribution in [-0.4, -0.2) is 21.3 Å². The molecule has 4 nitrogen and oxygen atoms in total. The van der Waals surface area contributed by atoms with Crippen LogP contribution >= 0.6 is 35.0 Å². The first kappa shape index (κ1) is 14.8. The van der Waals surface area contributed by atoms with Gasteiger partial charge in [0.1, 0.15) is 17.1 Å². The first-order chi connectivity index (χ1) is 9.38. The van der Waals surface area contributed by atoms with Crippen molar-refractivity contribution in [1.82, 2.24) is 0 Å². The number of benzene rings is 2. The van der Waals surface area contributed by atoms with Gasteiger partial charge in [-0.2, -0.15) is 0 Å². The first-order valence-electron chi connectivity index (χ1n) is 5.30. The van der Waals surface area contributed by atoms with Crippen molar-refractivity contribution in [3.05, 3.63) is 45.9 Å². The highest BCUT2D eigenvalue weighted by molar-refractivity contribution is 7.99. The van der Waals surface area contributed by atoms with E-state index in [0.717, 1.165) is 17.8 Å². The van der Waals surface area contributed by atoms with Gasteiger partial charge in [-0.05, 0) is 30.3 Å². The molecule has 0 aliphatic heterocycles. The largest absolute Gasteiger partial charge is 0.507 e. The summed E-state index contributed by atoms with van der Waals surface area (Å²) in [6.45, 7) is 0. The number of hydrogen-bond acceptors (Lipinski definition) is 4. The van der Waals surface area contributed by atoms with Crippen molar-refractivity contribution in [1.29, 1.82) is 0 Å². The Morgan fingerprint density at radius 2 is 1.65 bits per heavy atom. The van der Waals surface area contributed by atoms with E-state index in [4.69, 9.17) is 28.3 Å². The molecule has 0 amide bonds. The Kier molecular flexibility index (Phi) is 4.32. The Bertz CT molecular complexity index is 688. The molecule has 3 N–H and O–H groups in total. The van der Waals surface area contributed by atoms with Gasteiger partial charge < -0.3 is 15.3 Å². The molecule has 0 aliphatic rings. The van der Waals surface area contributed by atoms with E-state index in [1.165, 1.54) is 24.3 Å². The number of halogens is 2. The van der Waals surface area contributed by atoms with Crippen LogP contribution in [0.5, 0.6) is 11.5 Å². The van der Waals surface area contributed by atoms with Crippen LogP contribution in [0.4, 0.5) is 0 Å². The van der Waals surface area contributed by atoms with Crippen LogP contribution in [-0.2, 0) is 0 Å². The molecule has 0 radical (unpaired) electrons. The maximum atomic E-state index is 11.0. The smallest absolute Gasteiger partial charge is 0.339 e. The van der Waals surface area contributed by atoms with E-state index in [9.17, 15) is 15.0 Å². The summed E-state index contributed by atoms with van der Waals surface area (Å²) in [4.78, 5) is 11.6. The Morgan fingerprint density at radius 1 is 1.00 bits per heavy atom. The lowest BCUT2D eigenvalue weighted by Gasteiger charge is -2.09. The van der Waals surface area contributed by atoms with Crippen molar-refractivity contribution >= 4 is 40.9 Å². The van der Waals surface area contributed by atoms with E-state index < -0.39 is 11.7 Å². The summed E-state index contributed by atoms with van der Waals surface area (Å²) in [5.74, 6) is -1.73. The molecular formula is C13H8Cl2O4S. The topological polar surface area (TPSA) is 77.8 Å². The van der Waals surface area contributed by atoms with Crippen LogP contribution in [0.1, 0.15) is 10.4 Å². The number of carboxylic acids is 1. The second-order valence-electron chi connectivity index (χ2n) is 3.82. The molecule has 0 saturated heterocycles. The van der Waals surface area contributed by atoms with Gasteiger partial charge in [0.05, 0.1) is 9.79 Å². The number of carbonyl (C=O) groups is 1. The van der Waals surface area contributed by atoms with Crippen LogP contribution in [0.15, 0.2) is 40.1 Å². The first-order valence-corrected chi connectivity index (χ1v) is 6.88. The van der Waals surface area contributed by atoms with Crippen LogP contribution in [0.3, 0.4) is 0 Å². The minimum Gasteiger partial charge on any atom is -0.507 e. The fraction of sp³-hybridized carbons (Fsp3) is 0. The lowest BCUT2D eigenvalue weighted by atomic mass is 10.2. The molecule has 104 valence electrons. The average Bonchev–Trinajstić information content (AvgIpc) is 2.37. The molecule has 0 saturated carbocycles. The lowest BCUT2D eigenvalue weighted by molar-refractivity contribution is 0.0693. The molecule has 0 unspecified atom stereocenters. The van der Waals surface area contributed by atoms with Crippen LogP contribution < -0.4 is 0 Å². The predicted molar refractivity (Wildman–Crippen MR) is 77.3 cm³/mol. The highest BCUT2D eigenvalue weighted by atomic mass is 35.5. The fourth-order valence-electron chi connectivity index (χ4n) is 1.50. The van der Waals surface area contributed by atoms with Crippen LogP contribution in [0.2, 0.25) is 10.0 Å². The number of phenols is 2. The molecule has 7 heteroatoms. The van der Waals surface area contributed by atoms with Gasteiger partial charge in [-0.15, -0.1) is 0 Å². The molecule has 0 spiro atoms. The fourth-order valence-corrected chi connectivity index (χ4v) is 3.01. The molecule has 0 aliphatic carbocycles. The van der Waals surface area contributed by atoms with Crippen molar-refractivity contribution in [2.24, 2.45) is 0 Å². The van der Waals surface area contributed by atoms with Crippen molar-refractivity contribution in [3.63, 3.8) is 0 Å². The highest BCUT2D eigenvalue weighted by Crippen LogP contribution is 2.42. The zero-order valence-electron chi connectivity index (χ0n) is 9.80.